The van der Waals surface area contributed by atoms with E-state index in [9.17, 15) is 23.6 Å². The van der Waals surface area contributed by atoms with Gasteiger partial charge >= 0.3 is 5.97 Å². The summed E-state index contributed by atoms with van der Waals surface area (Å²) in [5.41, 5.74) is 3.20. The molecule has 1 aromatic heterocycles. The summed E-state index contributed by atoms with van der Waals surface area (Å²) in [6.07, 6.45) is 4.74. The number of likely N-dealkylation sites (tertiary alicyclic amines) is 1. The van der Waals surface area contributed by atoms with Crippen LogP contribution in [0.1, 0.15) is 78.0 Å². The van der Waals surface area contributed by atoms with Crippen molar-refractivity contribution in [1.82, 2.24) is 20.4 Å². The number of esters is 1. The van der Waals surface area contributed by atoms with Gasteiger partial charge < -0.3 is 15.0 Å². The number of ether oxygens (including phenoxy) is 1. The summed E-state index contributed by atoms with van der Waals surface area (Å²) in [4.78, 5) is 52.8. The van der Waals surface area contributed by atoms with E-state index in [1.54, 1.807) is 61.2 Å². The fraction of sp³-hybridized carbons (Fsp3) is 0.382. The second kappa shape index (κ2) is 13.8. The summed E-state index contributed by atoms with van der Waals surface area (Å²) in [6.45, 7) is 9.26. The number of nitrogens with one attached hydrogen (secondary N) is 2. The van der Waals surface area contributed by atoms with Crippen molar-refractivity contribution < 1.29 is 23.5 Å². The van der Waals surface area contributed by atoms with E-state index in [-0.39, 0.29) is 30.7 Å². The molecule has 9 nitrogen and oxygen atoms in total. The zero-order valence-corrected chi connectivity index (χ0v) is 25.8. The van der Waals surface area contributed by atoms with Gasteiger partial charge in [-0.15, -0.1) is 0 Å². The van der Waals surface area contributed by atoms with Gasteiger partial charge in [0.2, 0.25) is 5.91 Å². The van der Waals surface area contributed by atoms with Crippen LogP contribution in [0.15, 0.2) is 65.5 Å². The van der Waals surface area contributed by atoms with Crippen LogP contribution in [0.25, 0.3) is 0 Å². The fourth-order valence-electron chi connectivity index (χ4n) is 5.80. The fourth-order valence-corrected chi connectivity index (χ4v) is 5.80. The molecule has 3 aromatic rings. The maximum atomic E-state index is 14.2. The standard InChI is InChI=1S/C34H39FN4O5/c1-6-44-31(41)14-15-34(4,5)29-13-12-28(24-8-7-9-27(35)19-24)39(29)30(40)20-36-32(42)25-11-10-23(21(2)16-25)18-26-17-22(3)37-38-33(26)43/h7-11,14-17,19,28-29H,6,12-13,18,20H2,1-5H3,(H,36,42)(H,38,43)/b15-14+/t28-,29+/m0/s1. The smallest absolute Gasteiger partial charge is 0.330 e. The number of aromatic amines is 1. The van der Waals surface area contributed by atoms with E-state index in [0.29, 0.717) is 41.6 Å². The molecule has 0 unspecified atom stereocenters. The Hall–Kier alpha value is -4.60. The minimum absolute atomic E-state index is 0.255. The Morgan fingerprint density at radius 2 is 1.89 bits per heavy atom. The molecule has 1 aliphatic heterocycles. The first-order chi connectivity index (χ1) is 20.9. The number of amides is 2. The molecule has 1 fully saturated rings. The number of hydrogen-bond acceptors (Lipinski definition) is 6. The van der Waals surface area contributed by atoms with Crippen LogP contribution in [0.5, 0.6) is 0 Å². The molecule has 2 N–H and O–H groups in total. The molecule has 2 amide bonds. The number of benzene rings is 2. The van der Waals surface area contributed by atoms with Crippen LogP contribution in [0.3, 0.4) is 0 Å². The molecule has 4 rings (SSSR count). The normalized spacial score (nSPS) is 16.7. The zero-order valence-electron chi connectivity index (χ0n) is 25.8. The molecule has 0 aliphatic carbocycles. The van der Waals surface area contributed by atoms with Gasteiger partial charge in [-0.1, -0.05) is 38.1 Å². The quantitative estimate of drug-likeness (QED) is 0.256. The van der Waals surface area contributed by atoms with Gasteiger partial charge in [-0.05, 0) is 80.6 Å². The molecule has 2 atom stereocenters. The molecular formula is C34H39FN4O5. The number of nitrogens with zero attached hydrogens (tertiary/aromatic N) is 2. The molecule has 232 valence electrons. The lowest BCUT2D eigenvalue weighted by atomic mass is 9.82. The van der Waals surface area contributed by atoms with Gasteiger partial charge in [0.1, 0.15) is 5.82 Å². The van der Waals surface area contributed by atoms with Crippen molar-refractivity contribution in [2.45, 2.75) is 66.0 Å². The van der Waals surface area contributed by atoms with Crippen molar-refractivity contribution >= 4 is 17.8 Å². The summed E-state index contributed by atoms with van der Waals surface area (Å²) in [5.74, 6) is -1.58. The average Bonchev–Trinajstić information content (AvgIpc) is 3.44. The Balaban J connectivity index is 1.51. The highest BCUT2D eigenvalue weighted by atomic mass is 19.1. The van der Waals surface area contributed by atoms with Crippen molar-refractivity contribution in [2.24, 2.45) is 5.41 Å². The number of halogens is 1. The molecule has 10 heteroatoms. The highest BCUT2D eigenvalue weighted by molar-refractivity contribution is 5.96. The van der Waals surface area contributed by atoms with Gasteiger partial charge in [0.25, 0.3) is 11.5 Å². The number of hydrogen-bond donors (Lipinski definition) is 2. The first-order valence-corrected chi connectivity index (χ1v) is 14.7. The number of carbonyl (C=O) groups excluding carboxylic acids is 3. The van der Waals surface area contributed by atoms with Gasteiger partial charge in [0, 0.05) is 35.1 Å². The van der Waals surface area contributed by atoms with E-state index < -0.39 is 29.2 Å². The van der Waals surface area contributed by atoms with E-state index >= 15 is 0 Å². The summed E-state index contributed by atoms with van der Waals surface area (Å²) in [5, 5.41) is 9.15. The van der Waals surface area contributed by atoms with Gasteiger partial charge in [-0.3, -0.25) is 14.4 Å². The van der Waals surface area contributed by atoms with Crippen molar-refractivity contribution in [3.05, 3.63) is 110 Å². The van der Waals surface area contributed by atoms with Gasteiger partial charge in [0.05, 0.1) is 24.9 Å². The first-order valence-electron chi connectivity index (χ1n) is 14.7. The highest BCUT2D eigenvalue weighted by Gasteiger charge is 2.44. The monoisotopic (exact) mass is 602 g/mol. The second-order valence-electron chi connectivity index (χ2n) is 11.7. The van der Waals surface area contributed by atoms with E-state index in [4.69, 9.17) is 4.74 Å². The van der Waals surface area contributed by atoms with E-state index in [1.807, 2.05) is 20.8 Å². The van der Waals surface area contributed by atoms with Crippen LogP contribution in [0.4, 0.5) is 4.39 Å². The van der Waals surface area contributed by atoms with Crippen molar-refractivity contribution in [2.75, 3.05) is 13.2 Å². The predicted molar refractivity (Wildman–Crippen MR) is 164 cm³/mol. The summed E-state index contributed by atoms with van der Waals surface area (Å²) in [7, 11) is 0. The number of aromatic nitrogens is 2. The third-order valence-corrected chi connectivity index (χ3v) is 8.10. The predicted octanol–water partition coefficient (Wildman–Crippen LogP) is 4.72. The van der Waals surface area contributed by atoms with Crippen molar-refractivity contribution in [3.8, 4) is 0 Å². The average molecular weight is 603 g/mol. The molecule has 2 heterocycles. The Morgan fingerprint density at radius 1 is 1.11 bits per heavy atom. The Kier molecular flexibility index (Phi) is 10.1. The maximum Gasteiger partial charge on any atom is 0.330 e. The van der Waals surface area contributed by atoms with Gasteiger partial charge in [0.15, 0.2) is 0 Å². The Labute approximate surface area is 256 Å². The topological polar surface area (TPSA) is 121 Å². The molecule has 0 bridgehead atoms. The van der Waals surface area contributed by atoms with Crippen LogP contribution in [-0.2, 0) is 20.7 Å². The molecule has 0 spiro atoms. The lowest BCUT2D eigenvalue weighted by Crippen LogP contribution is -2.48. The van der Waals surface area contributed by atoms with Crippen LogP contribution in [-0.4, -0.2) is 52.1 Å². The minimum atomic E-state index is -0.615. The SMILES string of the molecule is CCOC(=O)/C=C/C(C)(C)[C@H]1CC[C@@H](c2cccc(F)c2)N1C(=O)CNC(=O)c1ccc(Cc2cc(C)n[nH]c2=O)c(C)c1. The molecular weight excluding hydrogens is 563 g/mol. The third kappa shape index (κ3) is 7.67. The van der Waals surface area contributed by atoms with Gasteiger partial charge in [-0.25, -0.2) is 14.3 Å². The van der Waals surface area contributed by atoms with E-state index in [1.165, 1.54) is 18.2 Å². The highest BCUT2D eigenvalue weighted by Crippen LogP contribution is 2.44. The second-order valence-corrected chi connectivity index (χ2v) is 11.7. The number of H-pyrrole nitrogens is 1. The Bertz CT molecular complexity index is 1630. The van der Waals surface area contributed by atoms with Crippen LogP contribution < -0.4 is 10.9 Å². The van der Waals surface area contributed by atoms with E-state index in [0.717, 1.165) is 11.1 Å². The van der Waals surface area contributed by atoms with Crippen molar-refractivity contribution in [1.29, 1.82) is 0 Å². The van der Waals surface area contributed by atoms with Crippen molar-refractivity contribution in [3.63, 3.8) is 0 Å². The molecule has 1 saturated heterocycles. The number of carbonyl (C=O) groups is 3. The largest absolute Gasteiger partial charge is 0.463 e. The summed E-state index contributed by atoms with van der Waals surface area (Å²) in [6, 6.07) is 12.4. The maximum absolute atomic E-state index is 14.2. The summed E-state index contributed by atoms with van der Waals surface area (Å²) >= 11 is 0. The minimum Gasteiger partial charge on any atom is -0.463 e. The summed E-state index contributed by atoms with van der Waals surface area (Å²) < 4.78 is 19.2. The zero-order chi connectivity index (χ0) is 32.0. The molecule has 2 aromatic carbocycles. The van der Waals surface area contributed by atoms with Crippen LogP contribution >= 0.6 is 0 Å². The Morgan fingerprint density at radius 3 is 2.59 bits per heavy atom. The molecule has 1 aliphatic rings. The van der Waals surface area contributed by atoms with Crippen LogP contribution in [0, 0.1) is 25.1 Å². The lowest BCUT2D eigenvalue weighted by Gasteiger charge is -2.39. The molecule has 44 heavy (non-hydrogen) atoms. The third-order valence-electron chi connectivity index (χ3n) is 8.10. The van der Waals surface area contributed by atoms with E-state index in [2.05, 4.69) is 15.5 Å². The van der Waals surface area contributed by atoms with Gasteiger partial charge in [-0.2, -0.15) is 5.10 Å². The molecule has 0 radical (unpaired) electrons. The van der Waals surface area contributed by atoms with Crippen LogP contribution in [0.2, 0.25) is 0 Å². The first kappa shape index (κ1) is 32.3. The lowest BCUT2D eigenvalue weighted by molar-refractivity contribution is -0.137. The molecule has 0 saturated carbocycles. The number of aryl methyl sites for hydroxylation is 2. The number of rotatable bonds is 10.